The van der Waals surface area contributed by atoms with Crippen molar-refractivity contribution in [1.29, 1.82) is 0 Å². The highest BCUT2D eigenvalue weighted by atomic mass is 32.1. The molecule has 0 N–H and O–H groups in total. The number of para-hydroxylation sites is 1. The van der Waals surface area contributed by atoms with Gasteiger partial charge in [-0.1, -0.05) is 194 Å². The van der Waals surface area contributed by atoms with Crippen molar-refractivity contribution in [2.24, 2.45) is 0 Å². The SMILES string of the molecule is c1ccc(-c2ccc(N(c3ccc4c(c3)C3(c5ccccc5-c5ccccc5-4)c4ccccc4-c4c3ccc3sc5ccccc5c43)c3ccccc3-c3ccccc3)cc2)cc1. The van der Waals surface area contributed by atoms with Gasteiger partial charge in [0.15, 0.2) is 0 Å². The molecule has 1 heterocycles. The Hall–Kier alpha value is -7.78. The normalized spacial score (nSPS) is 14.4. The summed E-state index contributed by atoms with van der Waals surface area (Å²) in [7, 11) is 0. The van der Waals surface area contributed by atoms with E-state index in [9.17, 15) is 0 Å². The molecular weight excluding hydrogens is 779 g/mol. The monoisotopic (exact) mass is 817 g/mol. The van der Waals surface area contributed by atoms with E-state index in [4.69, 9.17) is 0 Å². The summed E-state index contributed by atoms with van der Waals surface area (Å²) in [6.07, 6.45) is 0. The van der Waals surface area contributed by atoms with Crippen LogP contribution >= 0.6 is 11.3 Å². The summed E-state index contributed by atoms with van der Waals surface area (Å²) >= 11 is 1.90. The molecule has 1 aromatic heterocycles. The van der Waals surface area contributed by atoms with Gasteiger partial charge in [-0.05, 0) is 115 Å². The van der Waals surface area contributed by atoms with Crippen LogP contribution in [0.2, 0.25) is 0 Å². The van der Waals surface area contributed by atoms with Crippen molar-refractivity contribution in [2.45, 2.75) is 5.41 Å². The summed E-state index contributed by atoms with van der Waals surface area (Å²) in [6.45, 7) is 0. The van der Waals surface area contributed by atoms with Crippen LogP contribution in [-0.4, -0.2) is 0 Å². The van der Waals surface area contributed by atoms with Crippen LogP contribution in [0, 0.1) is 0 Å². The van der Waals surface area contributed by atoms with Crippen molar-refractivity contribution in [3.63, 3.8) is 0 Å². The molecule has 1 atom stereocenters. The summed E-state index contributed by atoms with van der Waals surface area (Å²) < 4.78 is 2.64. The van der Waals surface area contributed by atoms with Crippen LogP contribution in [0.4, 0.5) is 17.1 Å². The van der Waals surface area contributed by atoms with Gasteiger partial charge in [0.25, 0.3) is 0 Å². The van der Waals surface area contributed by atoms with E-state index >= 15 is 0 Å². The number of fused-ring (bicyclic) bond motifs is 16. The maximum Gasteiger partial charge on any atom is 0.0726 e. The predicted molar refractivity (Wildman–Crippen MR) is 267 cm³/mol. The molecule has 2 aliphatic rings. The van der Waals surface area contributed by atoms with Gasteiger partial charge in [-0.25, -0.2) is 0 Å². The molecule has 1 unspecified atom stereocenters. The fraction of sp³-hybridized carbons (Fsp3) is 0.0164. The Morgan fingerprint density at radius 1 is 0.317 bits per heavy atom. The fourth-order valence-corrected chi connectivity index (χ4v) is 12.0. The average molecular weight is 818 g/mol. The first kappa shape index (κ1) is 35.9. The molecule has 0 radical (unpaired) electrons. The van der Waals surface area contributed by atoms with Crippen molar-refractivity contribution in [3.8, 4) is 55.6 Å². The number of rotatable bonds is 5. The number of nitrogens with zero attached hydrogens (tertiary/aromatic N) is 1. The second-order valence-electron chi connectivity index (χ2n) is 16.7. The van der Waals surface area contributed by atoms with Gasteiger partial charge in [-0.3, -0.25) is 0 Å². The van der Waals surface area contributed by atoms with E-state index in [2.05, 4.69) is 241 Å². The van der Waals surface area contributed by atoms with Gasteiger partial charge in [0.05, 0.1) is 11.1 Å². The van der Waals surface area contributed by atoms with Crippen molar-refractivity contribution >= 4 is 48.6 Å². The molecule has 0 fully saturated rings. The van der Waals surface area contributed by atoms with Gasteiger partial charge in [-0.2, -0.15) is 0 Å². The van der Waals surface area contributed by atoms with Crippen molar-refractivity contribution in [2.75, 3.05) is 4.90 Å². The molecule has 2 heteroatoms. The lowest BCUT2D eigenvalue weighted by Crippen LogP contribution is -2.29. The molecule has 13 rings (SSSR count). The summed E-state index contributed by atoms with van der Waals surface area (Å²) in [5.41, 5.74) is 20.4. The van der Waals surface area contributed by atoms with Crippen LogP contribution in [0.3, 0.4) is 0 Å². The largest absolute Gasteiger partial charge is 0.310 e. The number of hydrogen-bond acceptors (Lipinski definition) is 2. The number of hydrogen-bond donors (Lipinski definition) is 0. The minimum Gasteiger partial charge on any atom is -0.310 e. The Balaban J connectivity index is 1.15. The Labute approximate surface area is 371 Å². The highest BCUT2D eigenvalue weighted by Gasteiger charge is 2.50. The highest BCUT2D eigenvalue weighted by Crippen LogP contribution is 2.64. The first-order chi connectivity index (χ1) is 31.3. The van der Waals surface area contributed by atoms with E-state index in [0.29, 0.717) is 0 Å². The van der Waals surface area contributed by atoms with Crippen LogP contribution in [0.1, 0.15) is 22.3 Å². The molecular formula is C61H39NS. The lowest BCUT2D eigenvalue weighted by Gasteiger charge is -2.36. The topological polar surface area (TPSA) is 3.24 Å². The van der Waals surface area contributed by atoms with Crippen molar-refractivity contribution in [3.05, 3.63) is 259 Å². The van der Waals surface area contributed by atoms with Gasteiger partial charge < -0.3 is 4.90 Å². The van der Waals surface area contributed by atoms with E-state index in [1.54, 1.807) is 0 Å². The third kappa shape index (κ3) is 5.29. The van der Waals surface area contributed by atoms with E-state index < -0.39 is 5.41 Å². The molecule has 0 bridgehead atoms. The van der Waals surface area contributed by atoms with Crippen molar-refractivity contribution in [1.82, 2.24) is 0 Å². The van der Waals surface area contributed by atoms with Gasteiger partial charge in [-0.15, -0.1) is 11.3 Å². The third-order valence-corrected chi connectivity index (χ3v) is 14.7. The maximum absolute atomic E-state index is 2.53. The predicted octanol–water partition coefficient (Wildman–Crippen LogP) is 16.9. The standard InChI is InChI=1S/C61H39NS/c1-3-17-40(18-4-1)41-31-33-43(34-32-41)62(56-29-15-11-21-45(56)42-19-5-2-6-20-42)44-35-36-49-47-23-8-7-22-46(47)48-24-9-13-27-52(48)61(55(49)39-44)53-28-14-10-25-50(53)59-54(61)37-38-58-60(59)51-26-12-16-30-57(51)63-58/h1-39H. The van der Waals surface area contributed by atoms with Crippen LogP contribution in [-0.2, 0) is 5.41 Å². The second kappa shape index (κ2) is 14.1. The zero-order valence-corrected chi connectivity index (χ0v) is 35.2. The molecule has 0 aliphatic heterocycles. The molecule has 1 nitrogen and oxygen atoms in total. The molecule has 1 spiro atoms. The van der Waals surface area contributed by atoms with Gasteiger partial charge in [0, 0.05) is 37.1 Å². The Morgan fingerprint density at radius 2 is 0.857 bits per heavy atom. The van der Waals surface area contributed by atoms with E-state index in [1.807, 2.05) is 11.3 Å². The van der Waals surface area contributed by atoms with Crippen LogP contribution < -0.4 is 4.90 Å². The molecule has 63 heavy (non-hydrogen) atoms. The molecule has 11 aromatic rings. The number of anilines is 3. The second-order valence-corrected chi connectivity index (χ2v) is 17.8. The molecule has 2 aliphatic carbocycles. The summed E-state index contributed by atoms with van der Waals surface area (Å²) in [4.78, 5) is 2.48. The molecule has 0 saturated heterocycles. The van der Waals surface area contributed by atoms with Crippen LogP contribution in [0.15, 0.2) is 237 Å². The average Bonchev–Trinajstić information content (AvgIpc) is 3.85. The molecule has 10 aromatic carbocycles. The Bertz CT molecular complexity index is 3570. The summed E-state index contributed by atoms with van der Waals surface area (Å²) in [5, 5.41) is 2.68. The lowest BCUT2D eigenvalue weighted by atomic mass is 9.65. The quantitative estimate of drug-likeness (QED) is 0.167. The van der Waals surface area contributed by atoms with Crippen LogP contribution in [0.25, 0.3) is 75.8 Å². The Morgan fingerprint density at radius 3 is 1.60 bits per heavy atom. The molecule has 294 valence electrons. The Kier molecular flexibility index (Phi) is 8.06. The van der Waals surface area contributed by atoms with Crippen LogP contribution in [0.5, 0.6) is 0 Å². The molecule has 0 amide bonds. The zero-order valence-electron chi connectivity index (χ0n) is 34.4. The first-order valence-electron chi connectivity index (χ1n) is 21.8. The maximum atomic E-state index is 2.53. The smallest absolute Gasteiger partial charge is 0.0726 e. The summed E-state index contributed by atoms with van der Waals surface area (Å²) in [5.74, 6) is 0. The van der Waals surface area contributed by atoms with Crippen molar-refractivity contribution < 1.29 is 0 Å². The van der Waals surface area contributed by atoms with Gasteiger partial charge >= 0.3 is 0 Å². The van der Waals surface area contributed by atoms with E-state index in [-0.39, 0.29) is 0 Å². The van der Waals surface area contributed by atoms with Gasteiger partial charge in [0.1, 0.15) is 0 Å². The first-order valence-corrected chi connectivity index (χ1v) is 22.6. The van der Waals surface area contributed by atoms with E-state index in [0.717, 1.165) is 17.1 Å². The fourth-order valence-electron chi connectivity index (χ4n) is 10.9. The third-order valence-electron chi connectivity index (χ3n) is 13.5. The summed E-state index contributed by atoms with van der Waals surface area (Å²) in [6, 6.07) is 88.0. The minimum absolute atomic E-state index is 0.633. The van der Waals surface area contributed by atoms with E-state index in [1.165, 1.54) is 98.1 Å². The number of benzene rings is 10. The number of thiophene rings is 1. The van der Waals surface area contributed by atoms with Gasteiger partial charge in [0.2, 0.25) is 0 Å². The minimum atomic E-state index is -0.633. The highest BCUT2D eigenvalue weighted by molar-refractivity contribution is 7.26. The molecule has 0 saturated carbocycles. The lowest BCUT2D eigenvalue weighted by molar-refractivity contribution is 0.776. The zero-order chi connectivity index (χ0) is 41.5.